The number of aliphatic hydroxyl groups excluding tert-OH is 12. The van der Waals surface area contributed by atoms with Crippen LogP contribution in [0.3, 0.4) is 0 Å². The summed E-state index contributed by atoms with van der Waals surface area (Å²) in [5.41, 5.74) is 0. The van der Waals surface area contributed by atoms with Gasteiger partial charge in [-0.25, -0.2) is 4.57 Å². The highest BCUT2D eigenvalue weighted by Gasteiger charge is 2.56. The molecule has 0 aromatic rings. The summed E-state index contributed by atoms with van der Waals surface area (Å²) in [4.78, 5) is 10.4. The minimum absolute atomic E-state index is 0.871. The fourth-order valence-electron chi connectivity index (χ4n) is 4.56. The Morgan fingerprint density at radius 2 is 1.09 bits per heavy atom. The van der Waals surface area contributed by atoms with Crippen LogP contribution in [0.15, 0.2) is 0 Å². The Labute approximate surface area is 243 Å². The zero-order valence-electron chi connectivity index (χ0n) is 22.3. The van der Waals surface area contributed by atoms with Crippen LogP contribution < -0.4 is 0 Å². The highest BCUT2D eigenvalue weighted by molar-refractivity contribution is 7.47. The lowest BCUT2D eigenvalue weighted by molar-refractivity contribution is -0.381. The predicted octanol–water partition coefficient (Wildman–Crippen LogP) is -8.08. The fraction of sp³-hybridized carbons (Fsp3) is 1.00. The Hall–Kier alpha value is -0.570. The van der Waals surface area contributed by atoms with E-state index in [1.54, 1.807) is 0 Å². The van der Waals surface area contributed by atoms with Gasteiger partial charge in [0, 0.05) is 0 Å². The number of hydrogen-bond acceptors (Lipinski definition) is 20. The van der Waals surface area contributed by atoms with E-state index in [1.165, 1.54) is 0 Å². The van der Waals surface area contributed by atoms with Crippen molar-refractivity contribution in [1.82, 2.24) is 0 Å². The van der Waals surface area contributed by atoms with Crippen molar-refractivity contribution in [1.29, 1.82) is 0 Å². The van der Waals surface area contributed by atoms with Crippen LogP contribution in [0.25, 0.3) is 0 Å². The van der Waals surface area contributed by atoms with Crippen molar-refractivity contribution in [3.63, 3.8) is 0 Å². The average molecular weight is 658 g/mol. The first-order valence-electron chi connectivity index (χ1n) is 13.0. The van der Waals surface area contributed by atoms with Crippen molar-refractivity contribution < 1.29 is 103 Å². The maximum absolute atomic E-state index is 12.8. The molecule has 0 saturated carbocycles. The summed E-state index contributed by atoms with van der Waals surface area (Å²) >= 11 is 0. The quantitative estimate of drug-likeness (QED) is 0.0817. The third-order valence-electron chi connectivity index (χ3n) is 6.96. The lowest BCUT2D eigenvalue weighted by Crippen LogP contribution is -2.67. The van der Waals surface area contributed by atoms with Crippen LogP contribution in [0.5, 0.6) is 0 Å². The van der Waals surface area contributed by atoms with Crippen LogP contribution in [0.2, 0.25) is 0 Å². The molecule has 0 aromatic heterocycles. The molecule has 43 heavy (non-hydrogen) atoms. The van der Waals surface area contributed by atoms with E-state index in [9.17, 15) is 65.6 Å². The smallest absolute Gasteiger partial charge is 0.394 e. The zero-order valence-corrected chi connectivity index (χ0v) is 23.2. The van der Waals surface area contributed by atoms with Crippen LogP contribution in [-0.4, -0.2) is 197 Å². The molecule has 21 nitrogen and oxygen atoms in total. The van der Waals surface area contributed by atoms with Crippen molar-refractivity contribution in [2.24, 2.45) is 0 Å². The van der Waals surface area contributed by atoms with Crippen LogP contribution >= 0.6 is 7.82 Å². The Kier molecular flexibility index (Phi) is 13.6. The van der Waals surface area contributed by atoms with Gasteiger partial charge in [-0.15, -0.1) is 0 Å². The number of rotatable bonds is 13. The lowest BCUT2D eigenvalue weighted by atomic mass is 9.96. The summed E-state index contributed by atoms with van der Waals surface area (Å²) in [7, 11) is -5.33. The zero-order chi connectivity index (χ0) is 32.2. The van der Waals surface area contributed by atoms with Gasteiger partial charge in [0.25, 0.3) is 0 Å². The summed E-state index contributed by atoms with van der Waals surface area (Å²) in [5, 5.41) is 119. The van der Waals surface area contributed by atoms with Crippen LogP contribution in [0, 0.1) is 0 Å². The second-order valence-electron chi connectivity index (χ2n) is 10.0. The number of hydrogen-bond donors (Lipinski definition) is 13. The van der Waals surface area contributed by atoms with Gasteiger partial charge in [0.15, 0.2) is 18.9 Å². The van der Waals surface area contributed by atoms with Gasteiger partial charge < -0.3 is 89.9 Å². The van der Waals surface area contributed by atoms with E-state index in [0.29, 0.717) is 0 Å². The summed E-state index contributed by atoms with van der Waals surface area (Å²) in [6, 6.07) is 0. The Balaban J connectivity index is 1.96. The molecule has 3 rings (SSSR count). The third-order valence-corrected chi connectivity index (χ3v) is 7.95. The monoisotopic (exact) mass is 658 g/mol. The van der Waals surface area contributed by atoms with Crippen LogP contribution in [-0.2, 0) is 37.3 Å². The van der Waals surface area contributed by atoms with E-state index < -0.39 is 139 Å². The summed E-state index contributed by atoms with van der Waals surface area (Å²) in [6.45, 7) is -4.59. The molecule has 2 unspecified atom stereocenters. The van der Waals surface area contributed by atoms with Gasteiger partial charge in [-0.1, -0.05) is 0 Å². The molecule has 13 N–H and O–H groups in total. The molecular formula is C21H39O21P. The van der Waals surface area contributed by atoms with Crippen molar-refractivity contribution in [2.45, 2.75) is 98.2 Å². The number of aliphatic hydroxyl groups is 12. The maximum Gasteiger partial charge on any atom is 0.472 e. The van der Waals surface area contributed by atoms with E-state index >= 15 is 0 Å². The molecule has 0 aliphatic carbocycles. The highest BCUT2D eigenvalue weighted by atomic mass is 31.2. The molecule has 0 spiro atoms. The lowest BCUT2D eigenvalue weighted by Gasteiger charge is -2.48. The molecule has 3 aliphatic rings. The van der Waals surface area contributed by atoms with Crippen molar-refractivity contribution in [2.75, 3.05) is 33.0 Å². The van der Waals surface area contributed by atoms with Gasteiger partial charge in [0.2, 0.25) is 0 Å². The Morgan fingerprint density at radius 3 is 1.53 bits per heavy atom. The summed E-state index contributed by atoms with van der Waals surface area (Å²) in [6.07, 6.45) is -30.2. The standard InChI is InChI=1S/C21H39O21P/c22-1-6(26)5-36-43(34,35)42-17-16(40-20-14(31)12(29)10(27)7(2-23)38-20)9(4-25)37-19(33)18(17)41-21-15(32)13(30)11(28)8(3-24)39-21/h6-33H,1-5H2,(H,34,35)/t6?,7-,8-,9-,10-,11-,12+,13+,14-,15-,16+,17+,18-,19-,20+,21-/m1/s1. The number of phosphoric acid groups is 1. The normalized spacial score (nSPS) is 46.3. The summed E-state index contributed by atoms with van der Waals surface area (Å²) in [5.74, 6) is 0. The van der Waals surface area contributed by atoms with Crippen molar-refractivity contribution in [3.05, 3.63) is 0 Å². The molecule has 3 heterocycles. The second-order valence-corrected chi connectivity index (χ2v) is 11.4. The molecule has 22 heteroatoms. The first kappa shape index (κ1) is 36.9. The van der Waals surface area contributed by atoms with Gasteiger partial charge in [-0.3, -0.25) is 9.05 Å². The van der Waals surface area contributed by atoms with E-state index in [0.717, 1.165) is 0 Å². The third kappa shape index (κ3) is 8.62. The van der Waals surface area contributed by atoms with Gasteiger partial charge >= 0.3 is 7.82 Å². The molecular weight excluding hydrogens is 619 g/mol. The van der Waals surface area contributed by atoms with E-state index in [2.05, 4.69) is 4.52 Å². The van der Waals surface area contributed by atoms with Crippen molar-refractivity contribution in [3.8, 4) is 0 Å². The molecule has 0 amide bonds. The van der Waals surface area contributed by atoms with Gasteiger partial charge in [-0.2, -0.15) is 0 Å². The molecule has 3 saturated heterocycles. The molecule has 0 bridgehead atoms. The van der Waals surface area contributed by atoms with Gasteiger partial charge in [0.05, 0.1) is 33.0 Å². The molecule has 17 atom stereocenters. The fourth-order valence-corrected chi connectivity index (χ4v) is 5.53. The number of ether oxygens (including phenoxy) is 5. The second kappa shape index (κ2) is 15.8. The summed E-state index contributed by atoms with van der Waals surface area (Å²) < 4.78 is 49.6. The van der Waals surface area contributed by atoms with Gasteiger partial charge in [-0.05, 0) is 0 Å². The molecule has 3 aliphatic heterocycles. The maximum atomic E-state index is 12.8. The minimum atomic E-state index is -5.33. The molecule has 254 valence electrons. The van der Waals surface area contributed by atoms with E-state index in [1.807, 2.05) is 0 Å². The van der Waals surface area contributed by atoms with E-state index in [-0.39, 0.29) is 0 Å². The van der Waals surface area contributed by atoms with E-state index in [4.69, 9.17) is 33.3 Å². The van der Waals surface area contributed by atoms with Crippen LogP contribution in [0.1, 0.15) is 0 Å². The Bertz CT molecular complexity index is 897. The highest BCUT2D eigenvalue weighted by Crippen LogP contribution is 2.48. The number of phosphoric ester groups is 1. The predicted molar refractivity (Wildman–Crippen MR) is 129 cm³/mol. The van der Waals surface area contributed by atoms with Crippen molar-refractivity contribution >= 4 is 7.82 Å². The molecule has 0 radical (unpaired) electrons. The average Bonchev–Trinajstić information content (AvgIpc) is 2.98. The molecule has 0 aromatic carbocycles. The SMILES string of the molecule is O=P(O)(OCC(O)CO)O[C@@H]1[C@@H](O[C@H]2O[C@H](CO)[C@@H](O)[C@H](O)[C@H]2O)[C@H](O)O[C@H](CO)[C@@H]1O[C@@H]1O[C@H](CO)[C@@H](O)[C@H](O)[C@H]1O. The Morgan fingerprint density at radius 1 is 0.628 bits per heavy atom. The topological polar surface area (TPSA) is 345 Å². The minimum Gasteiger partial charge on any atom is -0.394 e. The largest absolute Gasteiger partial charge is 0.472 e. The van der Waals surface area contributed by atoms with Crippen LogP contribution in [0.4, 0.5) is 0 Å². The van der Waals surface area contributed by atoms with Gasteiger partial charge in [0.1, 0.15) is 79.4 Å². The first-order valence-corrected chi connectivity index (χ1v) is 14.5. The molecule has 3 fully saturated rings. The first-order chi connectivity index (χ1) is 20.2.